The summed E-state index contributed by atoms with van der Waals surface area (Å²) in [6, 6.07) is 1.64. The number of benzene rings is 1. The second-order valence-corrected chi connectivity index (χ2v) is 4.71. The van der Waals surface area contributed by atoms with Crippen LogP contribution >= 0.6 is 0 Å². The third-order valence-corrected chi connectivity index (χ3v) is 3.17. The average molecular weight is 290 g/mol. The Bertz CT molecular complexity index is 496. The van der Waals surface area contributed by atoms with Crippen LogP contribution in [0.2, 0.25) is 0 Å². The molecule has 7 heteroatoms. The monoisotopic (exact) mass is 290 g/mol. The van der Waals surface area contributed by atoms with E-state index in [4.69, 9.17) is 0 Å². The van der Waals surface area contributed by atoms with Crippen LogP contribution in [0.1, 0.15) is 28.8 Å². The molecule has 0 bridgehead atoms. The first-order valence-corrected chi connectivity index (χ1v) is 6.26. The number of alkyl halides is 3. The lowest BCUT2D eigenvalue weighted by molar-refractivity contribution is -0.137. The summed E-state index contributed by atoms with van der Waals surface area (Å²) in [5.41, 5.74) is -1.61. The minimum Gasteiger partial charge on any atom is -0.348 e. The normalized spacial score (nSPS) is 19.7. The maximum atomic E-state index is 13.5. The number of halogens is 4. The van der Waals surface area contributed by atoms with Gasteiger partial charge >= 0.3 is 6.18 Å². The fourth-order valence-corrected chi connectivity index (χ4v) is 2.11. The molecule has 1 fully saturated rings. The minimum absolute atomic E-state index is 0.190. The van der Waals surface area contributed by atoms with Gasteiger partial charge in [0.05, 0.1) is 11.1 Å². The van der Waals surface area contributed by atoms with Gasteiger partial charge in [0.15, 0.2) is 0 Å². The van der Waals surface area contributed by atoms with Crippen molar-refractivity contribution in [3.8, 4) is 0 Å². The molecule has 0 radical (unpaired) electrons. The quantitative estimate of drug-likeness (QED) is 0.821. The smallest absolute Gasteiger partial charge is 0.348 e. The lowest BCUT2D eigenvalue weighted by Gasteiger charge is -2.24. The zero-order chi connectivity index (χ0) is 14.8. The molecule has 1 unspecified atom stereocenters. The lowest BCUT2D eigenvalue weighted by atomic mass is 10.1. The molecular weight excluding hydrogens is 276 g/mol. The predicted octanol–water partition coefficient (Wildman–Crippen LogP) is 2.33. The molecule has 110 valence electrons. The van der Waals surface area contributed by atoms with Gasteiger partial charge in [0.2, 0.25) is 0 Å². The average Bonchev–Trinajstić information content (AvgIpc) is 2.39. The Kier molecular flexibility index (Phi) is 4.27. The molecule has 20 heavy (non-hydrogen) atoms. The van der Waals surface area contributed by atoms with Gasteiger partial charge in [0.1, 0.15) is 5.82 Å². The highest BCUT2D eigenvalue weighted by Gasteiger charge is 2.32. The Hall–Kier alpha value is -1.63. The maximum Gasteiger partial charge on any atom is 0.416 e. The molecule has 0 saturated carbocycles. The number of carbonyl (C=O) groups excluding carboxylic acids is 1. The number of amides is 1. The SMILES string of the molecule is O=C(NC1CCCNC1)c1cc(C(F)(F)F)ccc1F. The summed E-state index contributed by atoms with van der Waals surface area (Å²) in [5.74, 6) is -1.78. The molecule has 1 heterocycles. The molecule has 1 aromatic rings. The van der Waals surface area contributed by atoms with Gasteiger partial charge in [-0.2, -0.15) is 13.2 Å². The predicted molar refractivity (Wildman–Crippen MR) is 64.8 cm³/mol. The summed E-state index contributed by atoms with van der Waals surface area (Å²) >= 11 is 0. The van der Waals surface area contributed by atoms with Crippen LogP contribution in [0, 0.1) is 5.82 Å². The highest BCUT2D eigenvalue weighted by Crippen LogP contribution is 2.30. The van der Waals surface area contributed by atoms with Crippen LogP contribution in [0.3, 0.4) is 0 Å². The molecule has 0 aromatic heterocycles. The van der Waals surface area contributed by atoms with Crippen molar-refractivity contribution in [1.82, 2.24) is 10.6 Å². The standard InChI is InChI=1S/C13H14F4N2O/c14-11-4-3-8(13(15,16)17)6-10(11)12(20)19-9-2-1-5-18-7-9/h3-4,6,9,18H,1-2,5,7H2,(H,19,20). The van der Waals surface area contributed by atoms with Crippen molar-refractivity contribution in [2.24, 2.45) is 0 Å². The summed E-state index contributed by atoms with van der Waals surface area (Å²) in [4.78, 5) is 11.9. The summed E-state index contributed by atoms with van der Waals surface area (Å²) in [7, 11) is 0. The van der Waals surface area contributed by atoms with E-state index in [0.29, 0.717) is 24.7 Å². The molecule has 1 amide bonds. The van der Waals surface area contributed by atoms with Crippen molar-refractivity contribution >= 4 is 5.91 Å². The Morgan fingerprint density at radius 1 is 1.35 bits per heavy atom. The molecule has 1 aliphatic rings. The molecule has 1 aromatic carbocycles. The van der Waals surface area contributed by atoms with Gasteiger partial charge in [-0.15, -0.1) is 0 Å². The Labute approximate surface area is 113 Å². The fourth-order valence-electron chi connectivity index (χ4n) is 2.11. The van der Waals surface area contributed by atoms with E-state index in [9.17, 15) is 22.4 Å². The van der Waals surface area contributed by atoms with Crippen LogP contribution in [0.5, 0.6) is 0 Å². The van der Waals surface area contributed by atoms with E-state index in [2.05, 4.69) is 10.6 Å². The molecule has 1 saturated heterocycles. The van der Waals surface area contributed by atoms with Crippen molar-refractivity contribution < 1.29 is 22.4 Å². The highest BCUT2D eigenvalue weighted by atomic mass is 19.4. The number of nitrogens with one attached hydrogen (secondary N) is 2. The van der Waals surface area contributed by atoms with Crippen LogP contribution in [0.25, 0.3) is 0 Å². The summed E-state index contributed by atoms with van der Waals surface area (Å²) in [5, 5.41) is 5.60. The summed E-state index contributed by atoms with van der Waals surface area (Å²) in [6.07, 6.45) is -3.02. The first-order chi connectivity index (χ1) is 9.38. The lowest BCUT2D eigenvalue weighted by Crippen LogP contribution is -2.45. The van der Waals surface area contributed by atoms with Crippen molar-refractivity contribution in [2.75, 3.05) is 13.1 Å². The van der Waals surface area contributed by atoms with Crippen molar-refractivity contribution in [2.45, 2.75) is 25.1 Å². The molecular formula is C13H14F4N2O. The number of piperidine rings is 1. The van der Waals surface area contributed by atoms with E-state index in [1.54, 1.807) is 0 Å². The third-order valence-electron chi connectivity index (χ3n) is 3.17. The highest BCUT2D eigenvalue weighted by molar-refractivity contribution is 5.94. The topological polar surface area (TPSA) is 41.1 Å². The molecule has 0 spiro atoms. The van der Waals surface area contributed by atoms with E-state index in [0.717, 1.165) is 19.4 Å². The maximum absolute atomic E-state index is 13.5. The van der Waals surface area contributed by atoms with Gasteiger partial charge in [-0.05, 0) is 37.6 Å². The summed E-state index contributed by atoms with van der Waals surface area (Å²) < 4.78 is 51.2. The van der Waals surface area contributed by atoms with E-state index in [-0.39, 0.29) is 6.04 Å². The van der Waals surface area contributed by atoms with Crippen LogP contribution < -0.4 is 10.6 Å². The second-order valence-electron chi connectivity index (χ2n) is 4.71. The number of carbonyl (C=O) groups is 1. The Balaban J connectivity index is 2.16. The van der Waals surface area contributed by atoms with Crippen molar-refractivity contribution in [3.05, 3.63) is 35.1 Å². The van der Waals surface area contributed by atoms with Crippen LogP contribution in [-0.4, -0.2) is 25.0 Å². The van der Waals surface area contributed by atoms with E-state index >= 15 is 0 Å². The molecule has 1 atom stereocenters. The first kappa shape index (κ1) is 14.8. The fraction of sp³-hybridized carbons (Fsp3) is 0.462. The number of hydrogen-bond acceptors (Lipinski definition) is 2. The zero-order valence-corrected chi connectivity index (χ0v) is 10.6. The third kappa shape index (κ3) is 3.47. The Morgan fingerprint density at radius 2 is 2.10 bits per heavy atom. The van der Waals surface area contributed by atoms with Crippen LogP contribution in [-0.2, 0) is 6.18 Å². The van der Waals surface area contributed by atoms with Gasteiger partial charge in [-0.1, -0.05) is 0 Å². The van der Waals surface area contributed by atoms with E-state index in [1.165, 1.54) is 0 Å². The van der Waals surface area contributed by atoms with Crippen LogP contribution in [0.4, 0.5) is 17.6 Å². The van der Waals surface area contributed by atoms with Crippen molar-refractivity contribution in [3.63, 3.8) is 0 Å². The molecule has 3 nitrogen and oxygen atoms in total. The second kappa shape index (κ2) is 5.78. The van der Waals surface area contributed by atoms with Gasteiger partial charge < -0.3 is 10.6 Å². The molecule has 0 aliphatic carbocycles. The van der Waals surface area contributed by atoms with Gasteiger partial charge in [-0.3, -0.25) is 4.79 Å². The Morgan fingerprint density at radius 3 is 2.70 bits per heavy atom. The van der Waals surface area contributed by atoms with Gasteiger partial charge in [0.25, 0.3) is 5.91 Å². The molecule has 2 rings (SSSR count). The van der Waals surface area contributed by atoms with Crippen molar-refractivity contribution in [1.29, 1.82) is 0 Å². The zero-order valence-electron chi connectivity index (χ0n) is 10.6. The van der Waals surface area contributed by atoms with Gasteiger partial charge in [0, 0.05) is 12.6 Å². The largest absolute Gasteiger partial charge is 0.416 e. The minimum atomic E-state index is -4.60. The van der Waals surface area contributed by atoms with E-state index < -0.39 is 29.0 Å². The molecule has 2 N–H and O–H groups in total. The van der Waals surface area contributed by atoms with Gasteiger partial charge in [-0.25, -0.2) is 4.39 Å². The number of rotatable bonds is 2. The van der Waals surface area contributed by atoms with Crippen LogP contribution in [0.15, 0.2) is 18.2 Å². The summed E-state index contributed by atoms with van der Waals surface area (Å²) in [6.45, 7) is 1.37. The molecule has 1 aliphatic heterocycles. The van der Waals surface area contributed by atoms with E-state index in [1.807, 2.05) is 0 Å². The first-order valence-electron chi connectivity index (χ1n) is 6.26. The number of hydrogen-bond donors (Lipinski definition) is 2.